The molecule has 0 aromatic heterocycles. The quantitative estimate of drug-likeness (QED) is 0.714. The fourth-order valence-corrected chi connectivity index (χ4v) is 6.45. The van der Waals surface area contributed by atoms with Crippen LogP contribution in [0.5, 0.6) is 5.75 Å². The zero-order valence-corrected chi connectivity index (χ0v) is 17.5. The predicted molar refractivity (Wildman–Crippen MR) is 107 cm³/mol. The highest BCUT2D eigenvalue weighted by Gasteiger charge is 2.47. The fraction of sp³-hybridized carbons (Fsp3) is 0.619. The Morgan fingerprint density at radius 2 is 1.59 bits per heavy atom. The molecular formula is C21H28N2O5S. The average molecular weight is 421 g/mol. The lowest BCUT2D eigenvalue weighted by Crippen LogP contribution is -2.33. The third-order valence-electron chi connectivity index (χ3n) is 6.47. The summed E-state index contributed by atoms with van der Waals surface area (Å²) in [5, 5.41) is 0. The number of sulfonamides is 1. The van der Waals surface area contributed by atoms with Gasteiger partial charge in [0.15, 0.2) is 0 Å². The highest BCUT2D eigenvalue weighted by Crippen LogP contribution is 2.39. The van der Waals surface area contributed by atoms with Crippen molar-refractivity contribution in [2.24, 2.45) is 11.8 Å². The molecule has 1 aliphatic heterocycles. The van der Waals surface area contributed by atoms with Crippen LogP contribution in [0.4, 0.5) is 0 Å². The fourth-order valence-electron chi connectivity index (χ4n) is 4.93. The van der Waals surface area contributed by atoms with E-state index < -0.39 is 10.0 Å². The van der Waals surface area contributed by atoms with Crippen LogP contribution in [-0.4, -0.2) is 38.3 Å². The highest BCUT2D eigenvalue weighted by molar-refractivity contribution is 7.89. The molecule has 1 saturated heterocycles. The number of rotatable bonds is 6. The Morgan fingerprint density at radius 3 is 2.17 bits per heavy atom. The van der Waals surface area contributed by atoms with E-state index in [1.165, 1.54) is 18.1 Å². The van der Waals surface area contributed by atoms with Gasteiger partial charge < -0.3 is 4.74 Å². The Morgan fingerprint density at radius 1 is 1.00 bits per heavy atom. The summed E-state index contributed by atoms with van der Waals surface area (Å²) in [4.78, 5) is 26.8. The maximum atomic E-state index is 13.0. The highest BCUT2D eigenvalue weighted by atomic mass is 32.2. The number of hydrogen-bond acceptors (Lipinski definition) is 5. The molecule has 0 spiro atoms. The van der Waals surface area contributed by atoms with Crippen molar-refractivity contribution < 1.29 is 22.7 Å². The number of amides is 2. The first-order valence-corrected chi connectivity index (χ1v) is 11.9. The standard InChI is InChI=1S/C21H28N2O5S/c1-28-18-11-10-14(12-19(18)29(26,27)22-15-6-2-3-7-15)13-23-20(24)16-8-4-5-9-17(16)21(23)25/h10-12,15-17,22H,2-9,13H2,1H3/t16-,17+. The van der Waals surface area contributed by atoms with Crippen molar-refractivity contribution >= 4 is 21.8 Å². The molecule has 1 heterocycles. The molecule has 2 aliphatic carbocycles. The lowest BCUT2D eigenvalue weighted by Gasteiger charge is -2.19. The lowest BCUT2D eigenvalue weighted by atomic mass is 9.81. The second-order valence-electron chi connectivity index (χ2n) is 8.35. The van der Waals surface area contributed by atoms with Crippen molar-refractivity contribution in [1.82, 2.24) is 9.62 Å². The number of carbonyl (C=O) groups excluding carboxylic acids is 2. The zero-order chi connectivity index (χ0) is 20.6. The van der Waals surface area contributed by atoms with Gasteiger partial charge in [0, 0.05) is 6.04 Å². The van der Waals surface area contributed by atoms with E-state index in [-0.39, 0.29) is 46.9 Å². The van der Waals surface area contributed by atoms with Crippen LogP contribution in [-0.2, 0) is 26.2 Å². The molecule has 2 amide bonds. The number of fused-ring (bicyclic) bond motifs is 1. The third-order valence-corrected chi connectivity index (χ3v) is 8.01. The molecule has 3 aliphatic rings. The number of nitrogens with zero attached hydrogens (tertiary/aromatic N) is 1. The minimum absolute atomic E-state index is 0.0564. The van der Waals surface area contributed by atoms with Crippen LogP contribution in [0.1, 0.15) is 56.9 Å². The summed E-state index contributed by atoms with van der Waals surface area (Å²) >= 11 is 0. The first kappa shape index (κ1) is 20.3. The minimum atomic E-state index is -3.75. The maximum Gasteiger partial charge on any atom is 0.244 e. The minimum Gasteiger partial charge on any atom is -0.495 e. The van der Waals surface area contributed by atoms with Gasteiger partial charge in [0.25, 0.3) is 0 Å². The van der Waals surface area contributed by atoms with Gasteiger partial charge in [-0.25, -0.2) is 13.1 Å². The normalized spacial score (nSPS) is 25.5. The second kappa shape index (κ2) is 8.07. The van der Waals surface area contributed by atoms with E-state index in [4.69, 9.17) is 4.74 Å². The van der Waals surface area contributed by atoms with E-state index in [0.29, 0.717) is 5.56 Å². The smallest absolute Gasteiger partial charge is 0.244 e. The van der Waals surface area contributed by atoms with Crippen LogP contribution < -0.4 is 9.46 Å². The van der Waals surface area contributed by atoms with Crippen LogP contribution in [0.25, 0.3) is 0 Å². The van der Waals surface area contributed by atoms with Crippen molar-refractivity contribution in [3.05, 3.63) is 23.8 Å². The molecule has 0 unspecified atom stereocenters. The Labute approximate surface area is 171 Å². The number of likely N-dealkylation sites (tertiary alicyclic amines) is 1. The van der Waals surface area contributed by atoms with E-state index in [0.717, 1.165) is 51.4 Å². The molecule has 1 aromatic carbocycles. The van der Waals surface area contributed by atoms with Gasteiger partial charge in [0.05, 0.1) is 25.5 Å². The number of hydrogen-bond donors (Lipinski definition) is 1. The summed E-state index contributed by atoms with van der Waals surface area (Å²) in [6.45, 7) is 0.0978. The number of carbonyl (C=O) groups is 2. The van der Waals surface area contributed by atoms with Gasteiger partial charge in [0.2, 0.25) is 21.8 Å². The predicted octanol–water partition coefficient (Wildman–Crippen LogP) is 2.59. The average Bonchev–Trinajstić information content (AvgIpc) is 3.30. The SMILES string of the molecule is COc1ccc(CN2C(=O)[C@H]3CCCC[C@H]3C2=O)cc1S(=O)(=O)NC1CCCC1. The summed E-state index contributed by atoms with van der Waals surface area (Å²) in [5.41, 5.74) is 0.609. The molecule has 2 atom stereocenters. The van der Waals surface area contributed by atoms with Gasteiger partial charge in [-0.05, 0) is 43.4 Å². The van der Waals surface area contributed by atoms with Crippen molar-refractivity contribution in [2.45, 2.75) is 68.8 Å². The van der Waals surface area contributed by atoms with Crippen molar-refractivity contribution in [3.8, 4) is 5.75 Å². The second-order valence-corrected chi connectivity index (χ2v) is 10.0. The van der Waals surface area contributed by atoms with Gasteiger partial charge >= 0.3 is 0 Å². The van der Waals surface area contributed by atoms with E-state index in [1.54, 1.807) is 12.1 Å². The van der Waals surface area contributed by atoms with Crippen LogP contribution >= 0.6 is 0 Å². The van der Waals surface area contributed by atoms with Crippen molar-refractivity contribution in [2.75, 3.05) is 7.11 Å². The van der Waals surface area contributed by atoms with Crippen LogP contribution in [0, 0.1) is 11.8 Å². The summed E-state index contributed by atoms with van der Waals surface area (Å²) < 4.78 is 33.9. The van der Waals surface area contributed by atoms with Crippen LogP contribution in [0.3, 0.4) is 0 Å². The topological polar surface area (TPSA) is 92.8 Å². The molecule has 7 nitrogen and oxygen atoms in total. The van der Waals surface area contributed by atoms with E-state index in [1.807, 2.05) is 0 Å². The van der Waals surface area contributed by atoms with E-state index in [2.05, 4.69) is 4.72 Å². The molecule has 0 bridgehead atoms. The zero-order valence-electron chi connectivity index (χ0n) is 16.7. The number of benzene rings is 1. The lowest BCUT2D eigenvalue weighted by molar-refractivity contribution is -0.140. The van der Waals surface area contributed by atoms with E-state index >= 15 is 0 Å². The molecule has 4 rings (SSSR count). The van der Waals surface area contributed by atoms with Crippen LogP contribution in [0.2, 0.25) is 0 Å². The molecule has 0 radical (unpaired) electrons. The van der Waals surface area contributed by atoms with Crippen molar-refractivity contribution in [3.63, 3.8) is 0 Å². The monoisotopic (exact) mass is 420 g/mol. The number of imide groups is 1. The summed E-state index contributed by atoms with van der Waals surface area (Å²) in [6, 6.07) is 4.78. The molecule has 2 saturated carbocycles. The molecular weight excluding hydrogens is 392 g/mol. The Kier molecular flexibility index (Phi) is 5.66. The molecule has 8 heteroatoms. The van der Waals surface area contributed by atoms with E-state index in [9.17, 15) is 18.0 Å². The van der Waals surface area contributed by atoms with Gasteiger partial charge in [-0.15, -0.1) is 0 Å². The number of methoxy groups -OCH3 is 1. The largest absolute Gasteiger partial charge is 0.495 e. The Hall–Kier alpha value is -1.93. The summed E-state index contributed by atoms with van der Waals surface area (Å²) in [6.07, 6.45) is 7.19. The van der Waals surface area contributed by atoms with Gasteiger partial charge in [-0.3, -0.25) is 14.5 Å². The van der Waals surface area contributed by atoms with Gasteiger partial charge in [-0.2, -0.15) is 0 Å². The molecule has 1 aromatic rings. The number of nitrogens with one attached hydrogen (secondary N) is 1. The first-order valence-electron chi connectivity index (χ1n) is 10.4. The van der Waals surface area contributed by atoms with Gasteiger partial charge in [0.1, 0.15) is 10.6 Å². The Bertz CT molecular complexity index is 884. The van der Waals surface area contributed by atoms with Crippen LogP contribution in [0.15, 0.2) is 23.1 Å². The maximum absolute atomic E-state index is 13.0. The van der Waals surface area contributed by atoms with Crippen molar-refractivity contribution in [1.29, 1.82) is 0 Å². The molecule has 1 N–H and O–H groups in total. The Balaban J connectivity index is 1.58. The third kappa shape index (κ3) is 3.92. The molecule has 158 valence electrons. The molecule has 29 heavy (non-hydrogen) atoms. The summed E-state index contributed by atoms with van der Waals surface area (Å²) in [5.74, 6) is -0.400. The molecule has 3 fully saturated rings. The van der Waals surface area contributed by atoms with Gasteiger partial charge in [-0.1, -0.05) is 31.7 Å². The number of ether oxygens (including phenoxy) is 1. The first-order chi connectivity index (χ1) is 13.9. The summed E-state index contributed by atoms with van der Waals surface area (Å²) in [7, 11) is -2.32.